The topological polar surface area (TPSA) is 49.6 Å². The first kappa shape index (κ1) is 13.7. The van der Waals surface area contributed by atoms with Crippen molar-refractivity contribution in [3.05, 3.63) is 24.3 Å². The molecule has 1 aliphatic rings. The van der Waals surface area contributed by atoms with Crippen LogP contribution >= 0.6 is 0 Å². The zero-order chi connectivity index (χ0) is 13.7. The zero-order valence-electron chi connectivity index (χ0n) is 11.6. The molecule has 1 saturated heterocycles. The number of carbonyl (C=O) groups is 1. The summed E-state index contributed by atoms with van der Waals surface area (Å²) in [4.78, 5) is 16.0. The van der Waals surface area contributed by atoms with Crippen molar-refractivity contribution in [3.63, 3.8) is 0 Å². The maximum atomic E-state index is 12.3. The highest BCUT2D eigenvalue weighted by Gasteiger charge is 2.29. The summed E-state index contributed by atoms with van der Waals surface area (Å²) < 4.78 is 0. The van der Waals surface area contributed by atoms with Crippen molar-refractivity contribution in [2.24, 2.45) is 0 Å². The summed E-state index contributed by atoms with van der Waals surface area (Å²) in [7, 11) is 0. The molecular formula is C15H23N3O. The van der Waals surface area contributed by atoms with Gasteiger partial charge in [0.25, 0.3) is 0 Å². The van der Waals surface area contributed by atoms with Crippen LogP contribution in [0.15, 0.2) is 24.3 Å². The normalized spacial score (nSPS) is 15.3. The van der Waals surface area contributed by atoms with Crippen LogP contribution in [0.2, 0.25) is 0 Å². The summed E-state index contributed by atoms with van der Waals surface area (Å²) in [5, 5.41) is 0. The van der Waals surface area contributed by atoms with Crippen molar-refractivity contribution >= 4 is 17.4 Å². The lowest BCUT2D eigenvalue weighted by Crippen LogP contribution is -2.32. The smallest absolute Gasteiger partial charge is 0.324 e. The molecule has 0 unspecified atom stereocenters. The fourth-order valence-corrected chi connectivity index (χ4v) is 2.48. The molecule has 1 fully saturated rings. The number of benzene rings is 1. The molecule has 1 heterocycles. The molecule has 19 heavy (non-hydrogen) atoms. The van der Waals surface area contributed by atoms with Gasteiger partial charge in [-0.25, -0.2) is 4.79 Å². The molecule has 1 aromatic rings. The molecular weight excluding hydrogens is 238 g/mol. The van der Waals surface area contributed by atoms with Crippen LogP contribution in [-0.2, 0) is 0 Å². The van der Waals surface area contributed by atoms with Crippen molar-refractivity contribution in [2.45, 2.75) is 32.6 Å². The van der Waals surface area contributed by atoms with E-state index in [0.29, 0.717) is 5.69 Å². The summed E-state index contributed by atoms with van der Waals surface area (Å²) in [6.07, 6.45) is 4.77. The summed E-state index contributed by atoms with van der Waals surface area (Å²) in [6.45, 7) is 4.60. The van der Waals surface area contributed by atoms with Crippen molar-refractivity contribution in [1.82, 2.24) is 4.90 Å². The second-order valence-corrected chi connectivity index (χ2v) is 5.04. The van der Waals surface area contributed by atoms with E-state index in [2.05, 4.69) is 6.92 Å². The Balaban J connectivity index is 1.93. The van der Waals surface area contributed by atoms with Crippen LogP contribution in [0.1, 0.15) is 32.6 Å². The van der Waals surface area contributed by atoms with Crippen LogP contribution in [0.25, 0.3) is 0 Å². The van der Waals surface area contributed by atoms with Gasteiger partial charge in [-0.15, -0.1) is 0 Å². The zero-order valence-corrected chi connectivity index (χ0v) is 11.6. The van der Waals surface area contributed by atoms with Gasteiger partial charge in [-0.3, -0.25) is 4.90 Å². The number of nitrogens with two attached hydrogens (primary N) is 1. The second kappa shape index (κ2) is 6.45. The van der Waals surface area contributed by atoms with Crippen LogP contribution in [0.4, 0.5) is 16.2 Å². The van der Waals surface area contributed by atoms with E-state index in [0.717, 1.165) is 31.7 Å². The van der Waals surface area contributed by atoms with E-state index in [9.17, 15) is 4.79 Å². The van der Waals surface area contributed by atoms with Crippen molar-refractivity contribution in [1.29, 1.82) is 0 Å². The number of urea groups is 1. The minimum Gasteiger partial charge on any atom is -0.397 e. The Hall–Kier alpha value is -1.71. The maximum Gasteiger partial charge on any atom is 0.324 e. The van der Waals surface area contributed by atoms with Gasteiger partial charge in [0.15, 0.2) is 0 Å². The lowest BCUT2D eigenvalue weighted by atomic mass is 10.2. The highest BCUT2D eigenvalue weighted by atomic mass is 16.2. The Morgan fingerprint density at radius 3 is 2.68 bits per heavy atom. The fraction of sp³-hybridized carbons (Fsp3) is 0.533. The largest absolute Gasteiger partial charge is 0.397 e. The molecule has 1 aromatic carbocycles. The summed E-state index contributed by atoms with van der Waals surface area (Å²) in [5.74, 6) is 0. The molecule has 2 N–H and O–H groups in total. The first-order valence-electron chi connectivity index (χ1n) is 7.15. The highest BCUT2D eigenvalue weighted by Crippen LogP contribution is 2.26. The van der Waals surface area contributed by atoms with Gasteiger partial charge in [-0.2, -0.15) is 0 Å². The molecule has 4 nitrogen and oxygen atoms in total. The standard InChI is InChI=1S/C15H23N3O/c1-2-3-4-7-10-17-11-12-18(15(17)19)14-9-6-5-8-13(14)16/h5-6,8-9H,2-4,7,10-12,16H2,1H3. The molecule has 0 aromatic heterocycles. The molecule has 1 aliphatic heterocycles. The summed E-state index contributed by atoms with van der Waals surface area (Å²) >= 11 is 0. The fourth-order valence-electron chi connectivity index (χ4n) is 2.48. The van der Waals surface area contributed by atoms with E-state index < -0.39 is 0 Å². The SMILES string of the molecule is CCCCCCN1CCN(c2ccccc2N)C1=O. The number of hydrogen-bond acceptors (Lipinski definition) is 2. The Kier molecular flexibility index (Phi) is 4.66. The molecule has 0 radical (unpaired) electrons. The molecule has 0 spiro atoms. The van der Waals surface area contributed by atoms with Crippen LogP contribution in [-0.4, -0.2) is 30.6 Å². The highest BCUT2D eigenvalue weighted by molar-refractivity contribution is 5.97. The van der Waals surface area contributed by atoms with Crippen LogP contribution < -0.4 is 10.6 Å². The molecule has 0 aliphatic carbocycles. The van der Waals surface area contributed by atoms with Crippen LogP contribution in [0, 0.1) is 0 Å². The van der Waals surface area contributed by atoms with E-state index >= 15 is 0 Å². The first-order chi connectivity index (χ1) is 9.24. The number of carbonyl (C=O) groups excluding carboxylic acids is 1. The quantitative estimate of drug-likeness (QED) is 0.632. The number of hydrogen-bond donors (Lipinski definition) is 1. The minimum absolute atomic E-state index is 0.0920. The Labute approximate surface area is 115 Å². The van der Waals surface area contributed by atoms with E-state index in [-0.39, 0.29) is 6.03 Å². The number of rotatable bonds is 6. The third-order valence-electron chi connectivity index (χ3n) is 3.60. The average Bonchev–Trinajstić information content (AvgIpc) is 2.77. The van der Waals surface area contributed by atoms with Gasteiger partial charge >= 0.3 is 6.03 Å². The van der Waals surface area contributed by atoms with Gasteiger partial charge < -0.3 is 10.6 Å². The summed E-state index contributed by atoms with van der Waals surface area (Å²) in [6, 6.07) is 7.65. The van der Waals surface area contributed by atoms with Crippen LogP contribution in [0.3, 0.4) is 0 Å². The van der Waals surface area contributed by atoms with Gasteiger partial charge in [-0.1, -0.05) is 38.3 Å². The van der Waals surface area contributed by atoms with Gasteiger partial charge in [0.2, 0.25) is 0 Å². The number of unbranched alkanes of at least 4 members (excludes halogenated alkanes) is 3. The Morgan fingerprint density at radius 1 is 1.16 bits per heavy atom. The van der Waals surface area contributed by atoms with Crippen molar-refractivity contribution < 1.29 is 4.79 Å². The third-order valence-corrected chi connectivity index (χ3v) is 3.60. The van der Waals surface area contributed by atoms with E-state index in [1.54, 1.807) is 4.90 Å². The lowest BCUT2D eigenvalue weighted by molar-refractivity contribution is 0.219. The van der Waals surface area contributed by atoms with Gasteiger partial charge in [0.05, 0.1) is 11.4 Å². The number of nitrogens with zero attached hydrogens (tertiary/aromatic N) is 2. The van der Waals surface area contributed by atoms with Gasteiger partial charge in [0, 0.05) is 19.6 Å². The van der Waals surface area contributed by atoms with E-state index in [1.165, 1.54) is 19.3 Å². The molecule has 0 atom stereocenters. The first-order valence-corrected chi connectivity index (χ1v) is 7.15. The molecule has 2 amide bonds. The van der Waals surface area contributed by atoms with E-state index in [4.69, 9.17) is 5.73 Å². The lowest BCUT2D eigenvalue weighted by Gasteiger charge is -2.19. The monoisotopic (exact) mass is 261 g/mol. The molecule has 2 rings (SSSR count). The summed E-state index contributed by atoms with van der Waals surface area (Å²) in [5.41, 5.74) is 7.44. The van der Waals surface area contributed by atoms with Crippen molar-refractivity contribution in [3.8, 4) is 0 Å². The predicted octanol–water partition coefficient (Wildman–Crippen LogP) is 3.09. The molecule has 104 valence electrons. The second-order valence-electron chi connectivity index (χ2n) is 5.04. The number of anilines is 2. The van der Waals surface area contributed by atoms with Crippen molar-refractivity contribution in [2.75, 3.05) is 30.3 Å². The predicted molar refractivity (Wildman–Crippen MR) is 79.3 cm³/mol. The number of amides is 2. The third kappa shape index (κ3) is 3.19. The number of nitrogen functional groups attached to an aromatic ring is 1. The molecule has 4 heteroatoms. The Morgan fingerprint density at radius 2 is 1.95 bits per heavy atom. The molecule has 0 saturated carbocycles. The molecule has 0 bridgehead atoms. The number of para-hydroxylation sites is 2. The average molecular weight is 261 g/mol. The Bertz CT molecular complexity index is 433. The van der Waals surface area contributed by atoms with Gasteiger partial charge in [0.1, 0.15) is 0 Å². The van der Waals surface area contributed by atoms with Crippen LogP contribution in [0.5, 0.6) is 0 Å². The maximum absolute atomic E-state index is 12.3. The van der Waals surface area contributed by atoms with Gasteiger partial charge in [-0.05, 0) is 18.6 Å². The van der Waals surface area contributed by atoms with E-state index in [1.807, 2.05) is 29.2 Å². The minimum atomic E-state index is 0.0920.